The molecule has 20 heavy (non-hydrogen) atoms. The molecule has 0 aliphatic carbocycles. The monoisotopic (exact) mass is 274 g/mol. The highest BCUT2D eigenvalue weighted by Crippen LogP contribution is 2.07. The summed E-state index contributed by atoms with van der Waals surface area (Å²) in [6.07, 6.45) is 0. The number of hydrogen-bond donors (Lipinski definition) is 2. The van der Waals surface area contributed by atoms with Crippen molar-refractivity contribution < 1.29 is 19.8 Å². The van der Waals surface area contributed by atoms with Gasteiger partial charge in [0.25, 0.3) is 0 Å². The van der Waals surface area contributed by atoms with Gasteiger partial charge in [0.2, 0.25) is 11.6 Å². The van der Waals surface area contributed by atoms with Gasteiger partial charge < -0.3 is 10.2 Å². The highest BCUT2D eigenvalue weighted by molar-refractivity contribution is 6.49. The van der Waals surface area contributed by atoms with Crippen LogP contribution in [-0.4, -0.2) is 36.0 Å². The van der Waals surface area contributed by atoms with Crippen LogP contribution in [0.1, 0.15) is 20.7 Å². The molecular weight excluding hydrogens is 256 g/mol. The summed E-state index contributed by atoms with van der Waals surface area (Å²) in [7, 11) is 2.00. The molecule has 0 atom stereocenters. The number of carbonyl (C=O) groups excluding carboxylic acids is 2. The van der Waals surface area contributed by atoms with Crippen LogP contribution < -0.4 is 0 Å². The van der Waals surface area contributed by atoms with Crippen molar-refractivity contribution in [2.75, 3.05) is 14.2 Å². The molecule has 0 aliphatic rings. The number of aliphatic hydroxyl groups excluding tert-OH is 2. The van der Waals surface area contributed by atoms with Gasteiger partial charge in [-0.2, -0.15) is 0 Å². The molecule has 0 heterocycles. The van der Waals surface area contributed by atoms with E-state index in [2.05, 4.69) is 0 Å². The lowest BCUT2D eigenvalue weighted by Gasteiger charge is -1.99. The van der Waals surface area contributed by atoms with Gasteiger partial charge >= 0.3 is 0 Å². The Morgan fingerprint density at radius 1 is 0.600 bits per heavy atom. The minimum absolute atomic E-state index is 0.427. The van der Waals surface area contributed by atoms with E-state index in [1.165, 1.54) is 0 Å². The first-order valence-electron chi connectivity index (χ1n) is 5.87. The van der Waals surface area contributed by atoms with Crippen molar-refractivity contribution in [1.29, 1.82) is 0 Å². The molecule has 0 aromatic heterocycles. The maximum atomic E-state index is 11.8. The number of ketones is 2. The molecule has 0 saturated heterocycles. The number of benzene rings is 2. The van der Waals surface area contributed by atoms with E-state index in [4.69, 9.17) is 10.2 Å². The Hall–Kier alpha value is -2.30. The average Bonchev–Trinajstić information content (AvgIpc) is 2.59. The number of hydrogen-bond acceptors (Lipinski definition) is 4. The second-order valence-electron chi connectivity index (χ2n) is 3.39. The van der Waals surface area contributed by atoms with Crippen LogP contribution in [0.3, 0.4) is 0 Å². The van der Waals surface area contributed by atoms with Crippen molar-refractivity contribution in [1.82, 2.24) is 0 Å². The number of rotatable bonds is 3. The van der Waals surface area contributed by atoms with Crippen LogP contribution >= 0.6 is 0 Å². The Bertz CT molecular complexity index is 457. The van der Waals surface area contributed by atoms with Gasteiger partial charge in [0.05, 0.1) is 0 Å². The summed E-state index contributed by atoms with van der Waals surface area (Å²) in [5.41, 5.74) is 0.854. The third-order valence-electron chi connectivity index (χ3n) is 2.28. The molecular formula is C16H18O4. The first kappa shape index (κ1) is 17.7. The van der Waals surface area contributed by atoms with Crippen LogP contribution in [0.2, 0.25) is 0 Å². The minimum atomic E-state index is -0.466. The van der Waals surface area contributed by atoms with Crippen molar-refractivity contribution in [3.05, 3.63) is 71.8 Å². The van der Waals surface area contributed by atoms with E-state index in [1.807, 2.05) is 12.1 Å². The van der Waals surface area contributed by atoms with Gasteiger partial charge in [0.15, 0.2) is 0 Å². The summed E-state index contributed by atoms with van der Waals surface area (Å²) in [4.78, 5) is 23.6. The number of carbonyl (C=O) groups is 2. The molecule has 2 aromatic rings. The second-order valence-corrected chi connectivity index (χ2v) is 3.39. The summed E-state index contributed by atoms with van der Waals surface area (Å²) in [5.74, 6) is -0.932. The normalized spacial score (nSPS) is 8.40. The van der Waals surface area contributed by atoms with Crippen LogP contribution in [-0.2, 0) is 0 Å². The van der Waals surface area contributed by atoms with Gasteiger partial charge in [-0.25, -0.2) is 0 Å². The van der Waals surface area contributed by atoms with Gasteiger partial charge in [-0.1, -0.05) is 60.7 Å². The fraction of sp³-hybridized carbons (Fsp3) is 0.125. The zero-order valence-electron chi connectivity index (χ0n) is 11.5. The van der Waals surface area contributed by atoms with Crippen molar-refractivity contribution in [3.63, 3.8) is 0 Å². The van der Waals surface area contributed by atoms with E-state index in [0.717, 1.165) is 14.2 Å². The first-order valence-corrected chi connectivity index (χ1v) is 5.87. The third kappa shape index (κ3) is 5.14. The zero-order chi connectivity index (χ0) is 15.4. The molecule has 0 radical (unpaired) electrons. The van der Waals surface area contributed by atoms with Crippen molar-refractivity contribution in [2.45, 2.75) is 0 Å². The van der Waals surface area contributed by atoms with Crippen LogP contribution in [0.4, 0.5) is 0 Å². The van der Waals surface area contributed by atoms with E-state index >= 15 is 0 Å². The van der Waals surface area contributed by atoms with Crippen LogP contribution in [0.5, 0.6) is 0 Å². The Balaban J connectivity index is 0.000000829. The van der Waals surface area contributed by atoms with E-state index in [-0.39, 0.29) is 0 Å². The molecule has 2 N–H and O–H groups in total. The molecule has 0 saturated carbocycles. The van der Waals surface area contributed by atoms with E-state index in [1.54, 1.807) is 48.5 Å². The van der Waals surface area contributed by atoms with Gasteiger partial charge in [-0.3, -0.25) is 9.59 Å². The largest absolute Gasteiger partial charge is 0.400 e. The molecule has 2 rings (SSSR count). The summed E-state index contributed by atoms with van der Waals surface area (Å²) < 4.78 is 0. The smallest absolute Gasteiger partial charge is 0.233 e. The lowest BCUT2D eigenvalue weighted by molar-refractivity contribution is 0.0817. The van der Waals surface area contributed by atoms with Crippen molar-refractivity contribution >= 4 is 11.6 Å². The van der Waals surface area contributed by atoms with Crippen LogP contribution in [0.15, 0.2) is 60.7 Å². The van der Waals surface area contributed by atoms with Crippen molar-refractivity contribution in [3.8, 4) is 0 Å². The summed E-state index contributed by atoms with van der Waals surface area (Å²) in [5, 5.41) is 14.0. The molecule has 2 aromatic carbocycles. The van der Waals surface area contributed by atoms with Gasteiger partial charge in [-0.15, -0.1) is 0 Å². The van der Waals surface area contributed by atoms with E-state index in [0.29, 0.717) is 11.1 Å². The molecule has 4 nitrogen and oxygen atoms in total. The number of Topliss-reactive ketones (excluding diaryl/α,β-unsaturated/α-hetero) is 2. The average molecular weight is 274 g/mol. The lowest BCUT2D eigenvalue weighted by Crippen LogP contribution is -2.14. The molecule has 0 unspecified atom stereocenters. The molecule has 0 amide bonds. The number of aliphatic hydroxyl groups is 2. The lowest BCUT2D eigenvalue weighted by atomic mass is 10.0. The fourth-order valence-electron chi connectivity index (χ4n) is 1.44. The summed E-state index contributed by atoms with van der Waals surface area (Å²) in [6.45, 7) is 0. The quantitative estimate of drug-likeness (QED) is 0.663. The van der Waals surface area contributed by atoms with Gasteiger partial charge in [-0.05, 0) is 0 Å². The third-order valence-corrected chi connectivity index (χ3v) is 2.28. The fourth-order valence-corrected chi connectivity index (χ4v) is 1.44. The van der Waals surface area contributed by atoms with Gasteiger partial charge in [0, 0.05) is 25.3 Å². The molecule has 4 heteroatoms. The Kier molecular flexibility index (Phi) is 9.39. The standard InChI is InChI=1S/C14H10O2.2CH4O/c15-13(11-7-3-1-4-8-11)14(16)12-9-5-2-6-10-12;2*1-2/h1-10H;2*2H,1H3. The molecule has 0 aliphatic heterocycles. The molecule has 0 bridgehead atoms. The first-order chi connectivity index (χ1) is 9.79. The Labute approximate surface area is 118 Å². The van der Waals surface area contributed by atoms with Crippen LogP contribution in [0.25, 0.3) is 0 Å². The van der Waals surface area contributed by atoms with Crippen LogP contribution in [0, 0.1) is 0 Å². The molecule has 0 spiro atoms. The van der Waals surface area contributed by atoms with E-state index < -0.39 is 11.6 Å². The highest BCUT2D eigenvalue weighted by atomic mass is 16.2. The molecule has 106 valence electrons. The van der Waals surface area contributed by atoms with Gasteiger partial charge in [0.1, 0.15) is 0 Å². The topological polar surface area (TPSA) is 74.6 Å². The van der Waals surface area contributed by atoms with Crippen molar-refractivity contribution in [2.24, 2.45) is 0 Å². The second kappa shape index (κ2) is 10.6. The summed E-state index contributed by atoms with van der Waals surface area (Å²) >= 11 is 0. The Morgan fingerprint density at radius 2 is 0.850 bits per heavy atom. The maximum absolute atomic E-state index is 11.8. The summed E-state index contributed by atoms with van der Waals surface area (Å²) in [6, 6.07) is 17.2. The minimum Gasteiger partial charge on any atom is -0.400 e. The zero-order valence-corrected chi connectivity index (χ0v) is 11.5. The molecule has 0 fully saturated rings. The predicted molar refractivity (Wildman–Crippen MR) is 77.8 cm³/mol. The SMILES string of the molecule is CO.CO.O=C(C(=O)c1ccccc1)c1ccccc1. The highest BCUT2D eigenvalue weighted by Gasteiger charge is 2.16. The predicted octanol–water partition coefficient (Wildman–Crippen LogP) is 1.97. The Morgan fingerprint density at radius 3 is 1.10 bits per heavy atom. The maximum Gasteiger partial charge on any atom is 0.233 e. The van der Waals surface area contributed by atoms with E-state index in [9.17, 15) is 9.59 Å².